The number of nitrogens with one attached hydrogen (secondary N) is 1. The molecule has 3 atom stereocenters. The molecule has 1 heterocycles. The first kappa shape index (κ1) is 16.9. The van der Waals surface area contributed by atoms with Gasteiger partial charge in [-0.15, -0.1) is 0 Å². The largest absolute Gasteiger partial charge is 0.444 e. The van der Waals surface area contributed by atoms with Crippen LogP contribution in [0.25, 0.3) is 0 Å². The van der Waals surface area contributed by atoms with Crippen LogP contribution in [0.1, 0.15) is 53.4 Å². The maximum Gasteiger partial charge on any atom is 0.410 e. The van der Waals surface area contributed by atoms with Crippen molar-refractivity contribution in [3.05, 3.63) is 0 Å². The lowest BCUT2D eigenvalue weighted by molar-refractivity contribution is 0.0290. The summed E-state index contributed by atoms with van der Waals surface area (Å²) < 4.78 is 5.45. The summed E-state index contributed by atoms with van der Waals surface area (Å²) >= 11 is 2.08. The van der Waals surface area contributed by atoms with E-state index in [9.17, 15) is 4.79 Å². The lowest BCUT2D eigenvalue weighted by Crippen LogP contribution is -2.44. The fourth-order valence-electron chi connectivity index (χ4n) is 3.22. The molecule has 0 radical (unpaired) electrons. The predicted octanol–water partition coefficient (Wildman–Crippen LogP) is 3.26. The van der Waals surface area contributed by atoms with E-state index in [2.05, 4.69) is 24.0 Å². The van der Waals surface area contributed by atoms with Gasteiger partial charge in [-0.1, -0.05) is 13.3 Å². The van der Waals surface area contributed by atoms with Crippen molar-refractivity contribution in [1.82, 2.24) is 10.2 Å². The van der Waals surface area contributed by atoms with Gasteiger partial charge in [-0.25, -0.2) is 4.79 Å². The molecule has 1 aliphatic heterocycles. The van der Waals surface area contributed by atoms with Crippen LogP contribution in [-0.4, -0.2) is 52.8 Å². The van der Waals surface area contributed by atoms with E-state index in [4.69, 9.17) is 4.74 Å². The van der Waals surface area contributed by atoms with Crippen LogP contribution >= 0.6 is 11.8 Å². The summed E-state index contributed by atoms with van der Waals surface area (Å²) in [4.78, 5) is 13.9. The molecule has 5 heteroatoms. The molecular weight excluding hydrogens is 284 g/mol. The Balaban J connectivity index is 1.78. The molecule has 122 valence electrons. The van der Waals surface area contributed by atoms with Crippen molar-refractivity contribution >= 4 is 17.9 Å². The van der Waals surface area contributed by atoms with Crippen LogP contribution in [0, 0.1) is 0 Å². The van der Waals surface area contributed by atoms with Gasteiger partial charge >= 0.3 is 6.09 Å². The third kappa shape index (κ3) is 5.06. The van der Waals surface area contributed by atoms with E-state index in [0.29, 0.717) is 12.1 Å². The zero-order chi connectivity index (χ0) is 15.5. The number of likely N-dealkylation sites (tertiary alicyclic amines) is 1. The normalized spacial score (nSPS) is 29.9. The molecule has 2 fully saturated rings. The maximum atomic E-state index is 12.1. The summed E-state index contributed by atoms with van der Waals surface area (Å²) in [7, 11) is 0. The minimum absolute atomic E-state index is 0.169. The van der Waals surface area contributed by atoms with Crippen LogP contribution in [0.4, 0.5) is 4.79 Å². The molecule has 0 aromatic rings. The Labute approximate surface area is 133 Å². The van der Waals surface area contributed by atoms with Gasteiger partial charge in [0.2, 0.25) is 0 Å². The van der Waals surface area contributed by atoms with Gasteiger partial charge in [-0.2, -0.15) is 11.8 Å². The highest BCUT2D eigenvalue weighted by Crippen LogP contribution is 2.30. The van der Waals surface area contributed by atoms with E-state index >= 15 is 0 Å². The summed E-state index contributed by atoms with van der Waals surface area (Å²) in [5.74, 6) is 1.19. The Bertz CT molecular complexity index is 357. The van der Waals surface area contributed by atoms with Crippen LogP contribution in [0.2, 0.25) is 0 Å². The molecule has 0 aromatic heterocycles. The SMILES string of the molecule is CCSC1CCCC1NC1CCN(C(=O)OC(C)(C)C)C1. The molecule has 1 aliphatic carbocycles. The Hall–Kier alpha value is -0.420. The van der Waals surface area contributed by atoms with Gasteiger partial charge in [0.05, 0.1) is 0 Å². The van der Waals surface area contributed by atoms with Gasteiger partial charge in [0.15, 0.2) is 0 Å². The number of carbonyl (C=O) groups is 1. The van der Waals surface area contributed by atoms with Crippen molar-refractivity contribution < 1.29 is 9.53 Å². The standard InChI is InChI=1S/C16H30N2O2S/c1-5-21-14-8-6-7-13(14)17-12-9-10-18(11-12)15(19)20-16(2,3)4/h12-14,17H,5-11H2,1-4H3. The third-order valence-electron chi connectivity index (χ3n) is 4.12. The Kier molecular flexibility index (Phi) is 5.83. The molecule has 1 saturated carbocycles. The fraction of sp³-hybridized carbons (Fsp3) is 0.938. The molecule has 0 bridgehead atoms. The highest BCUT2D eigenvalue weighted by Gasteiger charge is 2.34. The fourth-order valence-corrected chi connectivity index (χ4v) is 4.43. The van der Waals surface area contributed by atoms with Crippen LogP contribution in [-0.2, 0) is 4.74 Å². The molecule has 1 saturated heterocycles. The smallest absolute Gasteiger partial charge is 0.410 e. The first-order valence-electron chi connectivity index (χ1n) is 8.24. The van der Waals surface area contributed by atoms with Crippen LogP contribution in [0.3, 0.4) is 0 Å². The summed E-state index contributed by atoms with van der Waals surface area (Å²) in [5.41, 5.74) is -0.406. The zero-order valence-corrected chi connectivity index (χ0v) is 14.7. The molecule has 0 aromatic carbocycles. The zero-order valence-electron chi connectivity index (χ0n) is 13.9. The summed E-state index contributed by atoms with van der Waals surface area (Å²) in [6.07, 6.45) is 4.81. The second kappa shape index (κ2) is 7.23. The van der Waals surface area contributed by atoms with Crippen LogP contribution in [0.5, 0.6) is 0 Å². The molecule has 1 N–H and O–H groups in total. The monoisotopic (exact) mass is 314 g/mol. The quantitative estimate of drug-likeness (QED) is 0.865. The molecule has 2 aliphatic rings. The Morgan fingerprint density at radius 1 is 1.33 bits per heavy atom. The number of rotatable bonds is 4. The van der Waals surface area contributed by atoms with E-state index in [1.807, 2.05) is 25.7 Å². The Morgan fingerprint density at radius 2 is 2.10 bits per heavy atom. The minimum atomic E-state index is -0.406. The Morgan fingerprint density at radius 3 is 2.76 bits per heavy atom. The van der Waals surface area contributed by atoms with Gasteiger partial charge in [-0.05, 0) is 45.8 Å². The molecule has 2 rings (SSSR count). The number of amides is 1. The van der Waals surface area contributed by atoms with Crippen molar-refractivity contribution in [2.75, 3.05) is 18.8 Å². The average Bonchev–Trinajstić information content (AvgIpc) is 2.98. The van der Waals surface area contributed by atoms with Crippen molar-refractivity contribution in [3.63, 3.8) is 0 Å². The first-order valence-corrected chi connectivity index (χ1v) is 9.29. The van der Waals surface area contributed by atoms with E-state index < -0.39 is 5.60 Å². The van der Waals surface area contributed by atoms with Gasteiger partial charge < -0.3 is 15.0 Å². The molecule has 21 heavy (non-hydrogen) atoms. The van der Waals surface area contributed by atoms with Crippen molar-refractivity contribution in [2.24, 2.45) is 0 Å². The third-order valence-corrected chi connectivity index (χ3v) is 5.45. The lowest BCUT2D eigenvalue weighted by atomic mass is 10.2. The number of hydrogen-bond donors (Lipinski definition) is 1. The number of nitrogens with zero attached hydrogens (tertiary/aromatic N) is 1. The molecule has 0 spiro atoms. The van der Waals surface area contributed by atoms with E-state index in [1.54, 1.807) is 0 Å². The average molecular weight is 314 g/mol. The number of hydrogen-bond acceptors (Lipinski definition) is 4. The number of ether oxygens (including phenoxy) is 1. The molecule has 1 amide bonds. The van der Waals surface area contributed by atoms with Crippen molar-refractivity contribution in [2.45, 2.75) is 76.3 Å². The molecule has 3 unspecified atom stereocenters. The second-order valence-electron chi connectivity index (χ2n) is 7.11. The molecule has 4 nitrogen and oxygen atoms in total. The molecular formula is C16H30N2O2S. The summed E-state index contributed by atoms with van der Waals surface area (Å²) in [6, 6.07) is 1.05. The van der Waals surface area contributed by atoms with Crippen LogP contribution in [0.15, 0.2) is 0 Å². The highest BCUT2D eigenvalue weighted by atomic mass is 32.2. The highest BCUT2D eigenvalue weighted by molar-refractivity contribution is 7.99. The van der Waals surface area contributed by atoms with Gasteiger partial charge in [0.1, 0.15) is 5.60 Å². The lowest BCUT2D eigenvalue weighted by Gasteiger charge is -2.26. The second-order valence-corrected chi connectivity index (χ2v) is 8.63. The predicted molar refractivity (Wildman–Crippen MR) is 88.9 cm³/mol. The van der Waals surface area contributed by atoms with E-state index in [-0.39, 0.29) is 6.09 Å². The van der Waals surface area contributed by atoms with E-state index in [1.165, 1.54) is 25.0 Å². The first-order chi connectivity index (χ1) is 9.89. The number of thioether (sulfide) groups is 1. The summed E-state index contributed by atoms with van der Waals surface area (Å²) in [5, 5.41) is 4.55. The van der Waals surface area contributed by atoms with Gasteiger partial charge in [-0.3, -0.25) is 0 Å². The van der Waals surface area contributed by atoms with Crippen LogP contribution < -0.4 is 5.32 Å². The number of carbonyl (C=O) groups excluding carboxylic acids is 1. The maximum absolute atomic E-state index is 12.1. The van der Waals surface area contributed by atoms with Gasteiger partial charge in [0, 0.05) is 30.4 Å². The summed E-state index contributed by atoms with van der Waals surface area (Å²) in [6.45, 7) is 9.59. The van der Waals surface area contributed by atoms with E-state index in [0.717, 1.165) is 24.8 Å². The topological polar surface area (TPSA) is 41.6 Å². The minimum Gasteiger partial charge on any atom is -0.444 e. The van der Waals surface area contributed by atoms with Crippen molar-refractivity contribution in [1.29, 1.82) is 0 Å². The van der Waals surface area contributed by atoms with Crippen molar-refractivity contribution in [3.8, 4) is 0 Å². The van der Waals surface area contributed by atoms with Gasteiger partial charge in [0.25, 0.3) is 0 Å².